The third kappa shape index (κ3) is 4.13. The molecule has 0 N–H and O–H groups in total. The molecule has 3 aromatic rings. The first-order chi connectivity index (χ1) is 16.2. The minimum Gasteiger partial charge on any atom is -0.457 e. The maximum absolute atomic E-state index is 13.4. The van der Waals surface area contributed by atoms with E-state index < -0.39 is 22.6 Å². The molecule has 0 spiro atoms. The predicted octanol–water partition coefficient (Wildman–Crippen LogP) is 5.02. The second-order valence-corrected chi connectivity index (χ2v) is 18.6. The quantitative estimate of drug-likeness (QED) is 0.372. The molecule has 0 saturated carbocycles. The summed E-state index contributed by atoms with van der Waals surface area (Å²) in [5.41, 5.74) is 2.55. The van der Waals surface area contributed by atoms with Crippen molar-refractivity contribution < 1.29 is 18.4 Å². The number of allylic oxidation sites excluding steroid dienone is 1. The smallest absolute Gasteiger partial charge is 0.339 e. The zero-order valence-corrected chi connectivity index (χ0v) is 22.5. The zero-order valence-electron chi connectivity index (χ0n) is 19.7. The summed E-state index contributed by atoms with van der Waals surface area (Å²) < 4.78 is 12.3. The highest BCUT2D eigenvalue weighted by molar-refractivity contribution is 7.99. The molecule has 0 aliphatic carbocycles. The van der Waals surface area contributed by atoms with Crippen LogP contribution in [0.5, 0.6) is 0 Å². The van der Waals surface area contributed by atoms with Gasteiger partial charge in [-0.05, 0) is 60.3 Å². The van der Waals surface area contributed by atoms with Crippen molar-refractivity contribution >= 4 is 56.1 Å². The van der Waals surface area contributed by atoms with Crippen LogP contribution >= 0.6 is 11.8 Å². The molecule has 0 amide bonds. The lowest BCUT2D eigenvalue weighted by Crippen LogP contribution is -2.44. The van der Waals surface area contributed by atoms with Crippen molar-refractivity contribution in [1.29, 1.82) is 0 Å². The average Bonchev–Trinajstić information content (AvgIpc) is 2.98. The summed E-state index contributed by atoms with van der Waals surface area (Å²) in [4.78, 5) is 28.4. The van der Waals surface area contributed by atoms with Gasteiger partial charge in [-0.3, -0.25) is 4.79 Å². The zero-order chi connectivity index (χ0) is 24.1. The Balaban J connectivity index is 1.65. The van der Waals surface area contributed by atoms with Crippen LogP contribution in [0, 0.1) is 0 Å². The summed E-state index contributed by atoms with van der Waals surface area (Å²) in [6.07, 6.45) is 1.45. The molecule has 172 valence electrons. The van der Waals surface area contributed by atoms with Gasteiger partial charge in [-0.1, -0.05) is 60.3 Å². The number of benzene rings is 3. The second-order valence-electron chi connectivity index (χ2n) is 9.60. The van der Waals surface area contributed by atoms with Crippen LogP contribution in [0.15, 0.2) is 82.6 Å². The number of hydrogen-bond acceptors (Lipinski definition) is 5. The summed E-state index contributed by atoms with van der Waals surface area (Å²) in [7, 11) is -4.17. The van der Waals surface area contributed by atoms with Gasteiger partial charge in [0.15, 0.2) is 5.78 Å². The van der Waals surface area contributed by atoms with E-state index in [2.05, 4.69) is 38.3 Å². The van der Waals surface area contributed by atoms with Crippen molar-refractivity contribution in [3.8, 4) is 0 Å². The highest BCUT2D eigenvalue weighted by Crippen LogP contribution is 2.39. The van der Waals surface area contributed by atoms with Gasteiger partial charge < -0.3 is 8.85 Å². The summed E-state index contributed by atoms with van der Waals surface area (Å²) in [6.45, 7) is 9.02. The number of ether oxygens (including phenoxy) is 1. The first kappa shape index (κ1) is 23.0. The number of carbonyl (C=O) groups excluding carboxylic acids is 2. The molecule has 0 aromatic heterocycles. The van der Waals surface area contributed by atoms with Crippen LogP contribution in [0.4, 0.5) is 0 Å². The van der Waals surface area contributed by atoms with Crippen LogP contribution in [-0.4, -0.2) is 28.4 Å². The molecule has 7 heteroatoms. The Hall–Kier alpha value is -2.72. The Bertz CT molecular complexity index is 1350. The lowest BCUT2D eigenvalue weighted by Gasteiger charge is -2.22. The Kier molecular flexibility index (Phi) is 5.76. The standard InChI is InChI=1S/C27H26O4SSi2/c1-33(2)25-15-20-21(27(29)30-17-18-10-6-5-7-11-18)14-22(28)19-12-8-9-13-23(19)32-24(20)16-26(25)34(3,4)31-33/h5-16H,17H2,1-4H3/b21-14+. The second kappa shape index (κ2) is 8.50. The Morgan fingerprint density at radius 2 is 1.50 bits per heavy atom. The van der Waals surface area contributed by atoms with Gasteiger partial charge in [-0.2, -0.15) is 0 Å². The largest absolute Gasteiger partial charge is 0.457 e. The molecule has 2 aliphatic heterocycles. The number of ketones is 1. The lowest BCUT2D eigenvalue weighted by atomic mass is 10.0. The fourth-order valence-corrected chi connectivity index (χ4v) is 16.2. The molecule has 0 radical (unpaired) electrons. The van der Waals surface area contributed by atoms with E-state index in [1.807, 2.05) is 54.6 Å². The Morgan fingerprint density at radius 1 is 0.853 bits per heavy atom. The first-order valence-corrected chi connectivity index (χ1v) is 17.9. The van der Waals surface area contributed by atoms with Gasteiger partial charge in [-0.15, -0.1) is 0 Å². The minimum absolute atomic E-state index is 0.151. The van der Waals surface area contributed by atoms with E-state index in [0.717, 1.165) is 20.9 Å². The van der Waals surface area contributed by atoms with Crippen LogP contribution < -0.4 is 10.4 Å². The molecule has 0 fully saturated rings. The summed E-state index contributed by atoms with van der Waals surface area (Å²) in [5.74, 6) is -0.684. The maximum atomic E-state index is 13.4. The molecular formula is C27H26O4SSi2. The third-order valence-corrected chi connectivity index (χ3v) is 15.2. The Labute approximate surface area is 206 Å². The topological polar surface area (TPSA) is 52.6 Å². The van der Waals surface area contributed by atoms with E-state index in [9.17, 15) is 9.59 Å². The van der Waals surface area contributed by atoms with Gasteiger partial charge in [0, 0.05) is 27.0 Å². The highest BCUT2D eigenvalue weighted by Gasteiger charge is 2.47. The minimum atomic E-state index is -2.12. The van der Waals surface area contributed by atoms with Crippen LogP contribution in [0.2, 0.25) is 26.2 Å². The summed E-state index contributed by atoms with van der Waals surface area (Å²) >= 11 is 1.54. The SMILES string of the molecule is C[Si]1(C)O[Si](C)(C)c2cc3c(cc21)Sc1ccccc1C(=O)/C=C\3C(=O)OCc1ccccc1. The molecule has 34 heavy (non-hydrogen) atoms. The maximum Gasteiger partial charge on any atom is 0.339 e. The first-order valence-electron chi connectivity index (χ1n) is 11.3. The van der Waals surface area contributed by atoms with Crippen LogP contribution in [-0.2, 0) is 20.3 Å². The molecule has 0 atom stereocenters. The van der Waals surface area contributed by atoms with Crippen LogP contribution in [0.1, 0.15) is 21.5 Å². The van der Waals surface area contributed by atoms with E-state index in [1.54, 1.807) is 0 Å². The van der Waals surface area contributed by atoms with Crippen LogP contribution in [0.25, 0.3) is 5.57 Å². The van der Waals surface area contributed by atoms with Gasteiger partial charge in [0.25, 0.3) is 0 Å². The lowest BCUT2D eigenvalue weighted by molar-refractivity contribution is -0.137. The van der Waals surface area contributed by atoms with Gasteiger partial charge in [-0.25, -0.2) is 4.79 Å². The van der Waals surface area contributed by atoms with Gasteiger partial charge in [0.2, 0.25) is 16.6 Å². The number of rotatable bonds is 3. The molecule has 3 aromatic carbocycles. The van der Waals surface area contributed by atoms with E-state index in [1.165, 1.54) is 28.2 Å². The molecular weight excluding hydrogens is 477 g/mol. The third-order valence-electron chi connectivity index (χ3n) is 6.30. The fourth-order valence-electron chi connectivity index (χ4n) is 4.75. The summed E-state index contributed by atoms with van der Waals surface area (Å²) in [6, 6.07) is 21.4. The van der Waals surface area contributed by atoms with E-state index in [4.69, 9.17) is 8.85 Å². The number of fused-ring (bicyclic) bond motifs is 3. The van der Waals surface area contributed by atoms with Crippen molar-refractivity contribution in [1.82, 2.24) is 0 Å². The van der Waals surface area contributed by atoms with Crippen molar-refractivity contribution in [3.63, 3.8) is 0 Å². The monoisotopic (exact) mass is 502 g/mol. The molecule has 5 rings (SSSR count). The van der Waals surface area contributed by atoms with Crippen LogP contribution in [0.3, 0.4) is 0 Å². The Morgan fingerprint density at radius 3 is 2.24 bits per heavy atom. The highest BCUT2D eigenvalue weighted by atomic mass is 32.2. The number of carbonyl (C=O) groups is 2. The average molecular weight is 503 g/mol. The fraction of sp³-hybridized carbons (Fsp3) is 0.185. The van der Waals surface area contributed by atoms with Gasteiger partial charge in [0.05, 0.1) is 5.57 Å². The van der Waals surface area contributed by atoms with E-state index in [-0.39, 0.29) is 12.4 Å². The van der Waals surface area contributed by atoms with E-state index in [0.29, 0.717) is 11.1 Å². The molecule has 2 aliphatic rings. The number of hydrogen-bond donors (Lipinski definition) is 0. The molecule has 0 bridgehead atoms. The molecule has 0 unspecified atom stereocenters. The van der Waals surface area contributed by atoms with E-state index >= 15 is 0 Å². The summed E-state index contributed by atoms with van der Waals surface area (Å²) in [5, 5.41) is 2.50. The molecule has 0 saturated heterocycles. The van der Waals surface area contributed by atoms with Crippen molar-refractivity contribution in [2.24, 2.45) is 0 Å². The molecule has 4 nitrogen and oxygen atoms in total. The van der Waals surface area contributed by atoms with Crippen molar-refractivity contribution in [2.75, 3.05) is 0 Å². The van der Waals surface area contributed by atoms with Crippen molar-refractivity contribution in [3.05, 3.63) is 89.5 Å². The van der Waals surface area contributed by atoms with Crippen molar-refractivity contribution in [2.45, 2.75) is 42.6 Å². The molecule has 2 heterocycles. The normalized spacial score (nSPS) is 19.1. The van der Waals surface area contributed by atoms with Gasteiger partial charge >= 0.3 is 5.97 Å². The predicted molar refractivity (Wildman–Crippen MR) is 141 cm³/mol. The van der Waals surface area contributed by atoms with Gasteiger partial charge in [0.1, 0.15) is 6.61 Å². The number of esters is 1.